The second kappa shape index (κ2) is 35.9. The Kier molecular flexibility index (Phi) is 34.8. The molecule has 0 aliphatic carbocycles. The van der Waals surface area contributed by atoms with E-state index < -0.39 is 0 Å². The minimum atomic E-state index is -0.103. The molecule has 0 heterocycles. The number of ether oxygens (including phenoxy) is 10. The summed E-state index contributed by atoms with van der Waals surface area (Å²) in [6.07, 6.45) is 0.271. The first-order chi connectivity index (χ1) is 20.7. The maximum atomic E-state index is 11.7. The second-order valence-electron chi connectivity index (χ2n) is 8.72. The highest BCUT2D eigenvalue weighted by Crippen LogP contribution is 1.88. The maximum absolute atomic E-state index is 11.7. The normalized spacial score (nSPS) is 11.3. The molecule has 14 nitrogen and oxygen atoms in total. The van der Waals surface area contributed by atoms with E-state index in [4.69, 9.17) is 47.4 Å². The van der Waals surface area contributed by atoms with Gasteiger partial charge >= 0.3 is 0 Å². The zero-order valence-electron chi connectivity index (χ0n) is 25.9. The van der Waals surface area contributed by atoms with Crippen molar-refractivity contribution in [3.8, 4) is 0 Å². The Morgan fingerprint density at radius 1 is 0.452 bits per heavy atom. The van der Waals surface area contributed by atoms with Crippen LogP contribution in [0.15, 0.2) is 0 Å². The van der Waals surface area contributed by atoms with E-state index in [1.54, 1.807) is 0 Å². The number of nitrogens with one attached hydrogen (secondary N) is 2. The molecule has 14 heteroatoms. The van der Waals surface area contributed by atoms with E-state index in [1.165, 1.54) is 6.92 Å². The highest BCUT2D eigenvalue weighted by Gasteiger charge is 2.01. The molecule has 0 fully saturated rings. The minimum absolute atomic E-state index is 0.0225. The first-order valence-electron chi connectivity index (χ1n) is 14.9. The van der Waals surface area contributed by atoms with E-state index in [1.807, 2.05) is 0 Å². The third kappa shape index (κ3) is 36.7. The van der Waals surface area contributed by atoms with E-state index in [0.717, 1.165) is 13.1 Å². The quantitative estimate of drug-likeness (QED) is 0.0905. The standard InChI is InChI=1S/C28H56N2O12/c1-3-29-5-8-34-11-13-37-15-17-39-19-21-41-23-22-40-20-18-38-16-14-36-12-10-33-7-4-28(32)30-6-9-35-24-25-42-26-27(2)31/h29H,3-26H2,1-2H3,(H,30,32). The molecule has 0 unspecified atom stereocenters. The summed E-state index contributed by atoms with van der Waals surface area (Å²) in [7, 11) is 0. The van der Waals surface area contributed by atoms with Crippen LogP contribution in [0, 0.1) is 0 Å². The topological polar surface area (TPSA) is 151 Å². The lowest BCUT2D eigenvalue weighted by atomic mass is 10.4. The monoisotopic (exact) mass is 612 g/mol. The number of amides is 1. The molecule has 0 aliphatic rings. The fourth-order valence-corrected chi connectivity index (χ4v) is 2.91. The van der Waals surface area contributed by atoms with Crippen LogP contribution in [0.2, 0.25) is 0 Å². The van der Waals surface area contributed by atoms with Crippen molar-refractivity contribution in [1.29, 1.82) is 0 Å². The summed E-state index contributed by atoms with van der Waals surface area (Å²) in [6.45, 7) is 15.0. The molecule has 0 rings (SSSR count). The van der Waals surface area contributed by atoms with E-state index in [0.29, 0.717) is 132 Å². The van der Waals surface area contributed by atoms with Crippen LogP contribution >= 0.6 is 0 Å². The molecule has 0 aromatic heterocycles. The van der Waals surface area contributed by atoms with Crippen LogP contribution in [0.4, 0.5) is 0 Å². The van der Waals surface area contributed by atoms with Crippen LogP contribution in [0.3, 0.4) is 0 Å². The Bertz CT molecular complexity index is 575. The average molecular weight is 613 g/mol. The molecule has 0 atom stereocenters. The predicted octanol–water partition coefficient (Wildman–Crippen LogP) is -0.143. The van der Waals surface area contributed by atoms with Gasteiger partial charge < -0.3 is 58.0 Å². The van der Waals surface area contributed by atoms with Gasteiger partial charge in [-0.1, -0.05) is 6.92 Å². The number of ketones is 1. The van der Waals surface area contributed by atoms with Gasteiger partial charge in [0, 0.05) is 19.5 Å². The van der Waals surface area contributed by atoms with Gasteiger partial charge in [0.1, 0.15) is 6.61 Å². The molecular formula is C28H56N2O12. The summed E-state index contributed by atoms with van der Waals surface area (Å²) >= 11 is 0. The van der Waals surface area contributed by atoms with Gasteiger partial charge in [-0.3, -0.25) is 9.59 Å². The van der Waals surface area contributed by atoms with E-state index in [-0.39, 0.29) is 24.7 Å². The zero-order valence-corrected chi connectivity index (χ0v) is 25.9. The third-order valence-electron chi connectivity index (χ3n) is 5.00. The number of hydrogen-bond acceptors (Lipinski definition) is 13. The second-order valence-corrected chi connectivity index (χ2v) is 8.72. The molecule has 0 aromatic rings. The fourth-order valence-electron chi connectivity index (χ4n) is 2.91. The molecule has 2 N–H and O–H groups in total. The van der Waals surface area contributed by atoms with Crippen LogP contribution in [-0.4, -0.2) is 163 Å². The zero-order chi connectivity index (χ0) is 30.6. The van der Waals surface area contributed by atoms with Crippen LogP contribution in [0.25, 0.3) is 0 Å². The lowest BCUT2D eigenvalue weighted by Crippen LogP contribution is -2.28. The Morgan fingerprint density at radius 3 is 1.17 bits per heavy atom. The summed E-state index contributed by atoms with van der Waals surface area (Å²) < 4.78 is 53.8. The van der Waals surface area contributed by atoms with Crippen molar-refractivity contribution >= 4 is 11.7 Å². The summed E-state index contributed by atoms with van der Waals surface area (Å²) in [5, 5.41) is 5.94. The van der Waals surface area contributed by atoms with Crippen molar-refractivity contribution in [1.82, 2.24) is 10.6 Å². The third-order valence-corrected chi connectivity index (χ3v) is 5.00. The smallest absolute Gasteiger partial charge is 0.222 e. The molecule has 0 aromatic carbocycles. The molecule has 0 bridgehead atoms. The van der Waals surface area contributed by atoms with E-state index in [2.05, 4.69) is 17.6 Å². The van der Waals surface area contributed by atoms with Crippen molar-refractivity contribution in [2.45, 2.75) is 20.3 Å². The summed E-state index contributed by atoms with van der Waals surface area (Å²) in [4.78, 5) is 22.4. The van der Waals surface area contributed by atoms with Gasteiger partial charge in [0.05, 0.1) is 126 Å². The first kappa shape index (κ1) is 40.7. The molecule has 0 radical (unpaired) electrons. The number of Topliss-reactive ketones (excluding diaryl/α,β-unsaturated/α-hetero) is 1. The summed E-state index contributed by atoms with van der Waals surface area (Å²) in [5.74, 6) is -0.125. The molecular weight excluding hydrogens is 556 g/mol. The SMILES string of the molecule is CCNCCOCCOCCOCCOCCOCCOCCOCCOCCC(=O)NCCOCCOCC(C)=O. The van der Waals surface area contributed by atoms with Crippen LogP contribution in [-0.2, 0) is 57.0 Å². The number of carbonyl (C=O) groups is 2. The number of carbonyl (C=O) groups excluding carboxylic acids is 2. The van der Waals surface area contributed by atoms with Crippen molar-refractivity contribution < 1.29 is 57.0 Å². The molecule has 0 saturated heterocycles. The minimum Gasteiger partial charge on any atom is -0.379 e. The Balaban J connectivity index is 3.12. The van der Waals surface area contributed by atoms with Gasteiger partial charge in [0.2, 0.25) is 5.91 Å². The number of hydrogen-bond donors (Lipinski definition) is 2. The molecule has 42 heavy (non-hydrogen) atoms. The highest BCUT2D eigenvalue weighted by atomic mass is 16.6. The van der Waals surface area contributed by atoms with Gasteiger partial charge in [-0.2, -0.15) is 0 Å². The largest absolute Gasteiger partial charge is 0.379 e. The summed E-state index contributed by atoms with van der Waals surface area (Å²) in [5.41, 5.74) is 0. The Labute approximate surface area is 251 Å². The highest BCUT2D eigenvalue weighted by molar-refractivity contribution is 5.76. The molecule has 1 amide bonds. The molecule has 250 valence electrons. The van der Waals surface area contributed by atoms with Crippen LogP contribution in [0.1, 0.15) is 20.3 Å². The molecule has 0 spiro atoms. The first-order valence-corrected chi connectivity index (χ1v) is 14.9. The lowest BCUT2D eigenvalue weighted by Gasteiger charge is -2.09. The maximum Gasteiger partial charge on any atom is 0.222 e. The van der Waals surface area contributed by atoms with Gasteiger partial charge in [-0.15, -0.1) is 0 Å². The van der Waals surface area contributed by atoms with Gasteiger partial charge in [-0.25, -0.2) is 0 Å². The van der Waals surface area contributed by atoms with Crippen molar-refractivity contribution in [3.05, 3.63) is 0 Å². The number of rotatable bonds is 36. The van der Waals surface area contributed by atoms with Gasteiger partial charge in [0.25, 0.3) is 0 Å². The Hall–Kier alpha value is -1.30. The van der Waals surface area contributed by atoms with E-state index >= 15 is 0 Å². The summed E-state index contributed by atoms with van der Waals surface area (Å²) in [6, 6.07) is 0. The lowest BCUT2D eigenvalue weighted by molar-refractivity contribution is -0.123. The predicted molar refractivity (Wildman–Crippen MR) is 155 cm³/mol. The molecule has 0 saturated carbocycles. The van der Waals surface area contributed by atoms with Gasteiger partial charge in [-0.05, 0) is 13.5 Å². The fraction of sp³-hybridized carbons (Fsp3) is 0.929. The van der Waals surface area contributed by atoms with E-state index in [9.17, 15) is 9.59 Å². The van der Waals surface area contributed by atoms with Crippen LogP contribution in [0.5, 0.6) is 0 Å². The average Bonchev–Trinajstić information content (AvgIpc) is 2.98. The van der Waals surface area contributed by atoms with Crippen LogP contribution < -0.4 is 10.6 Å². The van der Waals surface area contributed by atoms with Crippen molar-refractivity contribution in [2.75, 3.05) is 152 Å². The molecule has 0 aliphatic heterocycles. The van der Waals surface area contributed by atoms with Crippen molar-refractivity contribution in [2.24, 2.45) is 0 Å². The van der Waals surface area contributed by atoms with Crippen molar-refractivity contribution in [3.63, 3.8) is 0 Å². The Morgan fingerprint density at radius 2 is 0.786 bits per heavy atom. The number of likely N-dealkylation sites (N-methyl/N-ethyl adjacent to an activating group) is 1. The van der Waals surface area contributed by atoms with Gasteiger partial charge in [0.15, 0.2) is 5.78 Å².